The first-order valence-corrected chi connectivity index (χ1v) is 8.09. The van der Waals surface area contributed by atoms with Crippen LogP contribution >= 0.6 is 27.5 Å². The lowest BCUT2D eigenvalue weighted by atomic mass is 9.90. The van der Waals surface area contributed by atoms with E-state index in [0.717, 1.165) is 41.4 Å². The number of benzene rings is 1. The fourth-order valence-electron chi connectivity index (χ4n) is 2.32. The van der Waals surface area contributed by atoms with Crippen LogP contribution < -0.4 is 0 Å². The van der Waals surface area contributed by atoms with Crippen LogP contribution in [0.15, 0.2) is 22.7 Å². The van der Waals surface area contributed by atoms with E-state index >= 15 is 0 Å². The smallest absolute Gasteiger partial charge is 0.254 e. The molecule has 0 aliphatic heterocycles. The largest absolute Gasteiger partial charge is 0.336 e. The topological polar surface area (TPSA) is 20.3 Å². The quantitative estimate of drug-likeness (QED) is 0.726. The van der Waals surface area contributed by atoms with Crippen molar-refractivity contribution in [2.45, 2.75) is 38.6 Å². The van der Waals surface area contributed by atoms with Gasteiger partial charge in [0, 0.05) is 28.5 Å². The van der Waals surface area contributed by atoms with Gasteiger partial charge in [0.1, 0.15) is 0 Å². The van der Waals surface area contributed by atoms with E-state index in [2.05, 4.69) is 15.9 Å². The minimum atomic E-state index is 0.144. The molecule has 2 rings (SSSR count). The van der Waals surface area contributed by atoms with Crippen LogP contribution in [0.1, 0.15) is 41.6 Å². The summed E-state index contributed by atoms with van der Waals surface area (Å²) in [5, 5.41) is 0. The summed E-state index contributed by atoms with van der Waals surface area (Å²) in [7, 11) is 0. The standard InChI is InChI=1S/C15H19BrClNO/c1-11-10-12(6-7-14(11)16)15(19)18(9-3-8-17)13-4-2-5-13/h6-7,10,13H,2-5,8-9H2,1H3. The van der Waals surface area contributed by atoms with Crippen molar-refractivity contribution in [2.24, 2.45) is 0 Å². The van der Waals surface area contributed by atoms with Crippen molar-refractivity contribution in [1.29, 1.82) is 0 Å². The Hall–Kier alpha value is -0.540. The molecule has 0 aromatic heterocycles. The number of hydrogen-bond donors (Lipinski definition) is 0. The number of alkyl halides is 1. The molecule has 0 bridgehead atoms. The Morgan fingerprint density at radius 2 is 2.21 bits per heavy atom. The Morgan fingerprint density at radius 3 is 2.74 bits per heavy atom. The monoisotopic (exact) mass is 343 g/mol. The number of carbonyl (C=O) groups is 1. The van der Waals surface area contributed by atoms with Crippen LogP contribution in [0.4, 0.5) is 0 Å². The third-order valence-electron chi connectivity index (χ3n) is 3.71. The lowest BCUT2D eigenvalue weighted by Crippen LogP contribution is -2.44. The Bertz CT molecular complexity index is 459. The Morgan fingerprint density at radius 1 is 1.47 bits per heavy atom. The number of aryl methyl sites for hydroxylation is 1. The molecule has 19 heavy (non-hydrogen) atoms. The van der Waals surface area contributed by atoms with Crippen LogP contribution in [0.25, 0.3) is 0 Å². The van der Waals surface area contributed by atoms with E-state index in [4.69, 9.17) is 11.6 Å². The van der Waals surface area contributed by atoms with Crippen LogP contribution in [-0.4, -0.2) is 29.3 Å². The molecule has 0 atom stereocenters. The van der Waals surface area contributed by atoms with Gasteiger partial charge in [0.15, 0.2) is 0 Å². The molecule has 1 fully saturated rings. The summed E-state index contributed by atoms with van der Waals surface area (Å²) in [4.78, 5) is 14.6. The summed E-state index contributed by atoms with van der Waals surface area (Å²) in [6, 6.07) is 6.22. The normalized spacial score (nSPS) is 15.1. The second-order valence-corrected chi connectivity index (χ2v) is 6.32. The van der Waals surface area contributed by atoms with Gasteiger partial charge >= 0.3 is 0 Å². The molecule has 1 saturated carbocycles. The second kappa shape index (κ2) is 6.76. The molecule has 1 aromatic rings. The van der Waals surface area contributed by atoms with Crippen molar-refractivity contribution in [1.82, 2.24) is 4.90 Å². The highest BCUT2D eigenvalue weighted by atomic mass is 79.9. The zero-order valence-corrected chi connectivity index (χ0v) is 13.5. The number of nitrogens with zero attached hydrogens (tertiary/aromatic N) is 1. The van der Waals surface area contributed by atoms with Gasteiger partial charge in [-0.15, -0.1) is 11.6 Å². The van der Waals surface area contributed by atoms with Gasteiger partial charge in [-0.3, -0.25) is 4.79 Å². The summed E-state index contributed by atoms with van der Waals surface area (Å²) in [6.45, 7) is 2.77. The Balaban J connectivity index is 2.15. The van der Waals surface area contributed by atoms with Crippen molar-refractivity contribution in [3.05, 3.63) is 33.8 Å². The molecule has 1 aliphatic carbocycles. The van der Waals surface area contributed by atoms with Crippen LogP contribution in [0.3, 0.4) is 0 Å². The molecule has 1 aliphatic rings. The first kappa shape index (κ1) is 14.9. The highest BCUT2D eigenvalue weighted by molar-refractivity contribution is 9.10. The second-order valence-electron chi connectivity index (χ2n) is 5.09. The molecule has 1 amide bonds. The number of rotatable bonds is 5. The van der Waals surface area contributed by atoms with Gasteiger partial charge in [0.2, 0.25) is 0 Å². The lowest BCUT2D eigenvalue weighted by Gasteiger charge is -2.37. The highest BCUT2D eigenvalue weighted by Crippen LogP contribution is 2.27. The molecular weight excluding hydrogens is 326 g/mol. The number of hydrogen-bond acceptors (Lipinski definition) is 1. The fraction of sp³-hybridized carbons (Fsp3) is 0.533. The fourth-order valence-corrected chi connectivity index (χ4v) is 2.69. The van der Waals surface area contributed by atoms with Crippen LogP contribution in [-0.2, 0) is 0 Å². The van der Waals surface area contributed by atoms with Gasteiger partial charge in [-0.2, -0.15) is 0 Å². The van der Waals surface area contributed by atoms with Crippen LogP contribution in [0, 0.1) is 6.92 Å². The summed E-state index contributed by atoms with van der Waals surface area (Å²) >= 11 is 9.23. The van der Waals surface area contributed by atoms with Gasteiger partial charge in [0.25, 0.3) is 5.91 Å². The van der Waals surface area contributed by atoms with E-state index in [9.17, 15) is 4.79 Å². The number of carbonyl (C=O) groups excluding carboxylic acids is 1. The van der Waals surface area contributed by atoms with E-state index in [1.165, 1.54) is 6.42 Å². The summed E-state index contributed by atoms with van der Waals surface area (Å²) in [6.07, 6.45) is 4.35. The zero-order valence-electron chi connectivity index (χ0n) is 11.2. The highest BCUT2D eigenvalue weighted by Gasteiger charge is 2.28. The predicted octanol–water partition coefficient (Wildman–Crippen LogP) is 4.38. The lowest BCUT2D eigenvalue weighted by molar-refractivity contribution is 0.0580. The minimum Gasteiger partial charge on any atom is -0.336 e. The van der Waals surface area contributed by atoms with Gasteiger partial charge in [-0.25, -0.2) is 0 Å². The molecule has 0 unspecified atom stereocenters. The van der Waals surface area contributed by atoms with Crippen molar-refractivity contribution in [2.75, 3.05) is 12.4 Å². The summed E-state index contributed by atoms with van der Waals surface area (Å²) < 4.78 is 1.04. The van der Waals surface area contributed by atoms with E-state index in [1.807, 2.05) is 30.0 Å². The van der Waals surface area contributed by atoms with Crippen molar-refractivity contribution in [3.63, 3.8) is 0 Å². The predicted molar refractivity (Wildman–Crippen MR) is 82.9 cm³/mol. The van der Waals surface area contributed by atoms with Gasteiger partial charge in [-0.05, 0) is 56.4 Å². The molecule has 1 aromatic carbocycles. The van der Waals surface area contributed by atoms with Crippen molar-refractivity contribution in [3.8, 4) is 0 Å². The van der Waals surface area contributed by atoms with Crippen LogP contribution in [0.5, 0.6) is 0 Å². The first-order chi connectivity index (χ1) is 9.13. The maximum absolute atomic E-state index is 12.6. The molecule has 0 N–H and O–H groups in total. The van der Waals surface area contributed by atoms with Crippen LogP contribution in [0.2, 0.25) is 0 Å². The number of halogens is 2. The van der Waals surface area contributed by atoms with E-state index in [-0.39, 0.29) is 5.91 Å². The maximum atomic E-state index is 12.6. The molecule has 0 radical (unpaired) electrons. The molecular formula is C15H19BrClNO. The van der Waals surface area contributed by atoms with Crippen molar-refractivity contribution < 1.29 is 4.79 Å². The summed E-state index contributed by atoms with van der Waals surface area (Å²) in [5.41, 5.74) is 1.87. The molecule has 104 valence electrons. The summed E-state index contributed by atoms with van der Waals surface area (Å²) in [5.74, 6) is 0.751. The zero-order chi connectivity index (χ0) is 13.8. The van der Waals surface area contributed by atoms with E-state index in [1.54, 1.807) is 0 Å². The third kappa shape index (κ3) is 3.51. The van der Waals surface area contributed by atoms with E-state index in [0.29, 0.717) is 11.9 Å². The minimum absolute atomic E-state index is 0.144. The Kier molecular flexibility index (Phi) is 5.28. The third-order valence-corrected chi connectivity index (χ3v) is 4.87. The molecule has 4 heteroatoms. The molecule has 0 saturated heterocycles. The van der Waals surface area contributed by atoms with E-state index < -0.39 is 0 Å². The first-order valence-electron chi connectivity index (χ1n) is 6.76. The van der Waals surface area contributed by atoms with Gasteiger partial charge < -0.3 is 4.90 Å². The molecule has 2 nitrogen and oxygen atoms in total. The Labute approximate surface area is 128 Å². The number of amides is 1. The SMILES string of the molecule is Cc1cc(C(=O)N(CCCCl)C2CCC2)ccc1Br. The molecule has 0 spiro atoms. The van der Waals surface area contributed by atoms with Gasteiger partial charge in [0.05, 0.1) is 0 Å². The van der Waals surface area contributed by atoms with Crippen molar-refractivity contribution >= 4 is 33.4 Å². The maximum Gasteiger partial charge on any atom is 0.254 e. The molecule has 0 heterocycles. The van der Waals surface area contributed by atoms with Gasteiger partial charge in [-0.1, -0.05) is 15.9 Å². The average molecular weight is 345 g/mol. The average Bonchev–Trinajstić information content (AvgIpc) is 2.34.